The van der Waals surface area contributed by atoms with Crippen LogP contribution in [0.5, 0.6) is 0 Å². The zero-order valence-electron chi connectivity index (χ0n) is 11.1. The minimum atomic E-state index is -0.0772. The van der Waals surface area contributed by atoms with Crippen LogP contribution in [0.2, 0.25) is 0 Å². The van der Waals surface area contributed by atoms with E-state index in [1.54, 1.807) is 12.1 Å². The van der Waals surface area contributed by atoms with Crippen LogP contribution in [0, 0.1) is 6.92 Å². The third-order valence-corrected chi connectivity index (χ3v) is 3.39. The van der Waals surface area contributed by atoms with E-state index in [4.69, 9.17) is 0 Å². The second-order valence-corrected chi connectivity index (χ2v) is 5.12. The lowest BCUT2D eigenvalue weighted by Gasteiger charge is -2.16. The summed E-state index contributed by atoms with van der Waals surface area (Å²) in [5.41, 5.74) is 2.95. The van der Waals surface area contributed by atoms with Crippen LogP contribution in [0.4, 0.5) is 0 Å². The lowest BCUT2D eigenvalue weighted by Crippen LogP contribution is -2.27. The average Bonchev–Trinajstić information content (AvgIpc) is 2.39. The highest BCUT2D eigenvalue weighted by molar-refractivity contribution is 7.80. The standard InChI is InChI=1S/C16H17NOS/c1-11-6-3-4-9-15(11)12(2)17-16(18)13-7-5-8-14(19)10-13/h3-10,12,19H,1-2H3,(H,17,18). The smallest absolute Gasteiger partial charge is 0.251 e. The highest BCUT2D eigenvalue weighted by Gasteiger charge is 2.12. The molecule has 1 N–H and O–H groups in total. The summed E-state index contributed by atoms with van der Waals surface area (Å²) < 4.78 is 0. The minimum absolute atomic E-state index is 0.0164. The Morgan fingerprint density at radius 3 is 2.58 bits per heavy atom. The molecule has 2 aromatic carbocycles. The van der Waals surface area contributed by atoms with Gasteiger partial charge in [-0.05, 0) is 43.2 Å². The van der Waals surface area contributed by atoms with Gasteiger partial charge in [-0.1, -0.05) is 30.3 Å². The molecule has 1 amide bonds. The number of aryl methyl sites for hydroxylation is 1. The number of benzene rings is 2. The molecule has 0 aliphatic carbocycles. The molecule has 19 heavy (non-hydrogen) atoms. The molecule has 0 saturated carbocycles. The molecule has 0 saturated heterocycles. The van der Waals surface area contributed by atoms with Gasteiger partial charge in [0.2, 0.25) is 0 Å². The van der Waals surface area contributed by atoms with Crippen LogP contribution in [-0.4, -0.2) is 5.91 Å². The van der Waals surface area contributed by atoms with Crippen molar-refractivity contribution in [1.82, 2.24) is 5.32 Å². The first-order valence-electron chi connectivity index (χ1n) is 6.23. The van der Waals surface area contributed by atoms with Crippen molar-refractivity contribution in [2.24, 2.45) is 0 Å². The fraction of sp³-hybridized carbons (Fsp3) is 0.188. The van der Waals surface area contributed by atoms with Crippen molar-refractivity contribution in [1.29, 1.82) is 0 Å². The first kappa shape index (κ1) is 13.7. The fourth-order valence-electron chi connectivity index (χ4n) is 2.08. The topological polar surface area (TPSA) is 29.1 Å². The third-order valence-electron chi connectivity index (χ3n) is 3.11. The molecule has 0 heterocycles. The van der Waals surface area contributed by atoms with E-state index in [1.807, 2.05) is 50.2 Å². The van der Waals surface area contributed by atoms with Crippen LogP contribution in [0.25, 0.3) is 0 Å². The van der Waals surface area contributed by atoms with Gasteiger partial charge in [-0.2, -0.15) is 0 Å². The van der Waals surface area contributed by atoms with Crippen molar-refractivity contribution in [3.8, 4) is 0 Å². The molecular formula is C16H17NOS. The number of carbonyl (C=O) groups is 1. The third kappa shape index (κ3) is 3.38. The Morgan fingerprint density at radius 2 is 1.89 bits per heavy atom. The number of rotatable bonds is 3. The van der Waals surface area contributed by atoms with Crippen LogP contribution < -0.4 is 5.32 Å². The largest absolute Gasteiger partial charge is 0.346 e. The normalized spacial score (nSPS) is 11.9. The minimum Gasteiger partial charge on any atom is -0.346 e. The molecule has 1 atom stereocenters. The fourth-order valence-corrected chi connectivity index (χ4v) is 2.30. The summed E-state index contributed by atoms with van der Waals surface area (Å²) in [6.45, 7) is 4.04. The van der Waals surface area contributed by atoms with E-state index in [1.165, 1.54) is 5.56 Å². The predicted molar refractivity (Wildman–Crippen MR) is 80.8 cm³/mol. The number of thiol groups is 1. The van der Waals surface area contributed by atoms with Gasteiger partial charge >= 0.3 is 0 Å². The Labute approximate surface area is 119 Å². The van der Waals surface area contributed by atoms with Crippen molar-refractivity contribution in [2.75, 3.05) is 0 Å². The summed E-state index contributed by atoms with van der Waals surface area (Å²) in [4.78, 5) is 12.9. The van der Waals surface area contributed by atoms with Crippen molar-refractivity contribution in [2.45, 2.75) is 24.8 Å². The Hall–Kier alpha value is -1.74. The van der Waals surface area contributed by atoms with Crippen molar-refractivity contribution < 1.29 is 4.79 Å². The van der Waals surface area contributed by atoms with Gasteiger partial charge in [0.05, 0.1) is 6.04 Å². The molecule has 0 spiro atoms. The molecule has 0 aromatic heterocycles. The molecule has 0 bridgehead atoms. The molecule has 98 valence electrons. The summed E-state index contributed by atoms with van der Waals surface area (Å²) in [5, 5.41) is 3.01. The second-order valence-electron chi connectivity index (χ2n) is 4.60. The van der Waals surface area contributed by atoms with E-state index < -0.39 is 0 Å². The van der Waals surface area contributed by atoms with E-state index in [0.717, 1.165) is 10.5 Å². The number of nitrogens with one attached hydrogen (secondary N) is 1. The second kappa shape index (κ2) is 5.93. The van der Waals surface area contributed by atoms with Crippen LogP contribution in [0.15, 0.2) is 53.4 Å². The average molecular weight is 271 g/mol. The summed E-state index contributed by atoms with van der Waals surface area (Å²) in [6, 6.07) is 15.3. The van der Waals surface area contributed by atoms with Crippen molar-refractivity contribution in [3.05, 3.63) is 65.2 Å². The summed E-state index contributed by atoms with van der Waals surface area (Å²) in [6.07, 6.45) is 0. The van der Waals surface area contributed by atoms with Gasteiger partial charge in [-0.15, -0.1) is 12.6 Å². The molecule has 1 unspecified atom stereocenters. The van der Waals surface area contributed by atoms with Gasteiger partial charge in [0.25, 0.3) is 5.91 Å². The van der Waals surface area contributed by atoms with Crippen LogP contribution in [0.3, 0.4) is 0 Å². The monoisotopic (exact) mass is 271 g/mol. The summed E-state index contributed by atoms with van der Waals surface area (Å²) in [7, 11) is 0. The quantitative estimate of drug-likeness (QED) is 0.817. The maximum absolute atomic E-state index is 12.1. The zero-order valence-corrected chi connectivity index (χ0v) is 11.9. The van der Waals surface area contributed by atoms with Gasteiger partial charge in [0, 0.05) is 10.5 Å². The Morgan fingerprint density at radius 1 is 1.16 bits per heavy atom. The van der Waals surface area contributed by atoms with Crippen molar-refractivity contribution in [3.63, 3.8) is 0 Å². The number of hydrogen-bond donors (Lipinski definition) is 2. The molecular weight excluding hydrogens is 254 g/mol. The molecule has 0 radical (unpaired) electrons. The predicted octanol–water partition coefficient (Wildman–Crippen LogP) is 3.77. The van der Waals surface area contributed by atoms with Crippen LogP contribution >= 0.6 is 12.6 Å². The number of amides is 1. The molecule has 0 aliphatic heterocycles. The highest BCUT2D eigenvalue weighted by Crippen LogP contribution is 2.17. The summed E-state index contributed by atoms with van der Waals surface area (Å²) in [5.74, 6) is -0.0772. The van der Waals surface area contributed by atoms with E-state index in [-0.39, 0.29) is 11.9 Å². The lowest BCUT2D eigenvalue weighted by atomic mass is 10.0. The van der Waals surface area contributed by atoms with E-state index >= 15 is 0 Å². The Bertz CT molecular complexity index is 595. The zero-order chi connectivity index (χ0) is 13.8. The summed E-state index contributed by atoms with van der Waals surface area (Å²) >= 11 is 4.25. The maximum atomic E-state index is 12.1. The van der Waals surface area contributed by atoms with E-state index in [0.29, 0.717) is 5.56 Å². The molecule has 2 rings (SSSR count). The van der Waals surface area contributed by atoms with E-state index in [2.05, 4.69) is 17.9 Å². The van der Waals surface area contributed by atoms with Crippen LogP contribution in [0.1, 0.15) is 34.5 Å². The Balaban J connectivity index is 2.13. The molecule has 0 aliphatic rings. The van der Waals surface area contributed by atoms with Crippen LogP contribution in [-0.2, 0) is 0 Å². The number of carbonyl (C=O) groups excluding carboxylic acids is 1. The first-order valence-corrected chi connectivity index (χ1v) is 6.68. The molecule has 0 fully saturated rings. The van der Waals surface area contributed by atoms with E-state index in [9.17, 15) is 4.79 Å². The van der Waals surface area contributed by atoms with Gasteiger partial charge in [0.1, 0.15) is 0 Å². The maximum Gasteiger partial charge on any atom is 0.251 e. The van der Waals surface area contributed by atoms with Gasteiger partial charge in [-0.25, -0.2) is 0 Å². The SMILES string of the molecule is Cc1ccccc1C(C)NC(=O)c1cccc(S)c1. The van der Waals surface area contributed by atoms with Gasteiger partial charge in [0.15, 0.2) is 0 Å². The first-order chi connectivity index (χ1) is 9.08. The molecule has 3 heteroatoms. The lowest BCUT2D eigenvalue weighted by molar-refractivity contribution is 0.0939. The van der Waals surface area contributed by atoms with Crippen molar-refractivity contribution >= 4 is 18.5 Å². The Kier molecular flexibility index (Phi) is 4.27. The number of hydrogen-bond acceptors (Lipinski definition) is 2. The molecule has 2 nitrogen and oxygen atoms in total. The van der Waals surface area contributed by atoms with Gasteiger partial charge < -0.3 is 5.32 Å². The van der Waals surface area contributed by atoms with Gasteiger partial charge in [-0.3, -0.25) is 4.79 Å². The highest BCUT2D eigenvalue weighted by atomic mass is 32.1. The molecule has 2 aromatic rings.